The fourth-order valence-corrected chi connectivity index (χ4v) is 10.6. The summed E-state index contributed by atoms with van der Waals surface area (Å²) in [4.78, 5) is 0. The normalized spacial score (nSPS) is 19.2. The Morgan fingerprint density at radius 2 is 1.52 bits per heavy atom. The van der Waals surface area contributed by atoms with E-state index >= 15 is 0 Å². The van der Waals surface area contributed by atoms with Crippen molar-refractivity contribution in [2.75, 3.05) is 13.7 Å². The van der Waals surface area contributed by atoms with Gasteiger partial charge in [0.25, 0.3) is 8.32 Å². The molecule has 226 valence electrons. The summed E-state index contributed by atoms with van der Waals surface area (Å²) in [6.45, 7) is 18.1. The Kier molecular flexibility index (Phi) is 10.5. The molecule has 3 aromatic rings. The number of benzene rings is 3. The van der Waals surface area contributed by atoms with Crippen LogP contribution in [0.5, 0.6) is 5.75 Å². The van der Waals surface area contributed by atoms with Crippen LogP contribution in [0.25, 0.3) is 0 Å². The maximum Gasteiger partial charge on any atom is 0.261 e. The van der Waals surface area contributed by atoms with Crippen LogP contribution in [0.4, 0.5) is 0 Å². The van der Waals surface area contributed by atoms with Gasteiger partial charge in [-0.25, -0.2) is 0 Å². The van der Waals surface area contributed by atoms with Gasteiger partial charge >= 0.3 is 0 Å². The first-order chi connectivity index (χ1) is 20.0. The SMILES string of the molecule is C=C[C@H](C)[C@@H](C[C@H](OCc1ccc(OC)cc1)[C@H]1COC(C)(C)O1)O[Si](c1ccccc1)(c1ccccc1)C(C)(C)C. The lowest BCUT2D eigenvalue weighted by Gasteiger charge is -2.46. The Hall–Kier alpha value is -2.74. The van der Waals surface area contributed by atoms with E-state index in [0.717, 1.165) is 11.3 Å². The average molecular weight is 589 g/mol. The highest BCUT2D eigenvalue weighted by atomic mass is 28.4. The molecule has 4 atom stereocenters. The van der Waals surface area contributed by atoms with Crippen LogP contribution >= 0.6 is 0 Å². The second-order valence-corrected chi connectivity index (χ2v) is 17.0. The highest BCUT2D eigenvalue weighted by molar-refractivity contribution is 6.99. The fourth-order valence-electron chi connectivity index (χ4n) is 5.82. The van der Waals surface area contributed by atoms with Gasteiger partial charge in [-0.2, -0.15) is 0 Å². The number of hydrogen-bond donors (Lipinski definition) is 0. The number of methoxy groups -OCH3 is 1. The number of hydrogen-bond acceptors (Lipinski definition) is 5. The van der Waals surface area contributed by atoms with Crippen molar-refractivity contribution >= 4 is 18.7 Å². The lowest BCUT2D eigenvalue weighted by atomic mass is 9.97. The molecule has 0 radical (unpaired) electrons. The lowest BCUT2D eigenvalue weighted by Crippen LogP contribution is -2.68. The fraction of sp³-hybridized carbons (Fsp3) is 0.444. The van der Waals surface area contributed by atoms with Crippen molar-refractivity contribution in [3.8, 4) is 5.75 Å². The summed E-state index contributed by atoms with van der Waals surface area (Å²) in [6, 6.07) is 29.5. The minimum Gasteiger partial charge on any atom is -0.497 e. The summed E-state index contributed by atoms with van der Waals surface area (Å²) in [5.41, 5.74) is 1.07. The molecule has 4 rings (SSSR count). The largest absolute Gasteiger partial charge is 0.497 e. The van der Waals surface area contributed by atoms with E-state index in [-0.39, 0.29) is 29.3 Å². The van der Waals surface area contributed by atoms with Crippen molar-refractivity contribution < 1.29 is 23.4 Å². The highest BCUT2D eigenvalue weighted by Crippen LogP contribution is 2.40. The Labute approximate surface area is 253 Å². The van der Waals surface area contributed by atoms with Gasteiger partial charge in [-0.1, -0.05) is 107 Å². The molecule has 42 heavy (non-hydrogen) atoms. The van der Waals surface area contributed by atoms with Crippen molar-refractivity contribution in [2.24, 2.45) is 5.92 Å². The average Bonchev–Trinajstić information content (AvgIpc) is 3.36. The van der Waals surface area contributed by atoms with Gasteiger partial charge < -0.3 is 23.4 Å². The molecule has 1 fully saturated rings. The second kappa shape index (κ2) is 13.7. The summed E-state index contributed by atoms with van der Waals surface area (Å²) in [6.07, 6.45) is 2.00. The highest BCUT2D eigenvalue weighted by Gasteiger charge is 2.52. The van der Waals surface area contributed by atoms with E-state index in [1.165, 1.54) is 10.4 Å². The monoisotopic (exact) mass is 588 g/mol. The Balaban J connectivity index is 1.72. The van der Waals surface area contributed by atoms with E-state index in [9.17, 15) is 0 Å². The van der Waals surface area contributed by atoms with Crippen LogP contribution in [0.2, 0.25) is 5.04 Å². The van der Waals surface area contributed by atoms with Crippen LogP contribution in [0, 0.1) is 5.92 Å². The third kappa shape index (κ3) is 7.42. The third-order valence-corrected chi connectivity index (χ3v) is 13.3. The maximum atomic E-state index is 7.63. The predicted octanol–water partition coefficient (Wildman–Crippen LogP) is 6.89. The molecular weight excluding hydrogens is 540 g/mol. The first-order valence-corrected chi connectivity index (χ1v) is 16.9. The summed E-state index contributed by atoms with van der Waals surface area (Å²) in [5.74, 6) is 0.238. The quantitative estimate of drug-likeness (QED) is 0.161. The van der Waals surface area contributed by atoms with Gasteiger partial charge in [-0.05, 0) is 52.9 Å². The molecule has 0 spiro atoms. The molecule has 1 aliphatic heterocycles. The van der Waals surface area contributed by atoms with Gasteiger partial charge in [0, 0.05) is 6.42 Å². The molecule has 5 nitrogen and oxygen atoms in total. The minimum atomic E-state index is -2.81. The summed E-state index contributed by atoms with van der Waals surface area (Å²) in [5, 5.41) is 2.35. The van der Waals surface area contributed by atoms with E-state index in [1.54, 1.807) is 7.11 Å². The molecule has 3 aromatic carbocycles. The topological polar surface area (TPSA) is 46.2 Å². The van der Waals surface area contributed by atoms with Crippen molar-refractivity contribution in [1.29, 1.82) is 0 Å². The van der Waals surface area contributed by atoms with E-state index in [0.29, 0.717) is 19.6 Å². The second-order valence-electron chi connectivity index (χ2n) is 12.7. The number of ether oxygens (including phenoxy) is 4. The zero-order chi connectivity index (χ0) is 30.4. The molecule has 1 heterocycles. The first kappa shape index (κ1) is 32.2. The molecule has 0 bridgehead atoms. The van der Waals surface area contributed by atoms with Crippen LogP contribution in [-0.4, -0.2) is 46.1 Å². The molecule has 1 saturated heterocycles. The molecular formula is C36H48O5Si. The van der Waals surface area contributed by atoms with E-state index in [1.807, 2.05) is 44.2 Å². The standard InChI is InChI=1S/C36H48O5Si/c1-9-27(2)32(41-42(35(3,4)5,30-16-12-10-13-17-30)31-18-14-11-15-19-31)24-33(34-26-39-36(6,7)40-34)38-25-28-20-22-29(37-8)23-21-28/h9-23,27,32-34H,1,24-26H2,2-8H3/t27-,32+,33-,34+/m0/s1. The van der Waals surface area contributed by atoms with Gasteiger partial charge in [0.1, 0.15) is 11.9 Å². The molecule has 6 heteroatoms. The molecule has 0 amide bonds. The predicted molar refractivity (Wildman–Crippen MR) is 173 cm³/mol. The van der Waals surface area contributed by atoms with Gasteiger partial charge in [0.2, 0.25) is 0 Å². The van der Waals surface area contributed by atoms with Crippen LogP contribution in [0.1, 0.15) is 53.5 Å². The molecule has 0 aliphatic carbocycles. The summed E-state index contributed by atoms with van der Waals surface area (Å²) < 4.78 is 32.0. The third-order valence-electron chi connectivity index (χ3n) is 8.24. The van der Waals surface area contributed by atoms with E-state index in [2.05, 4.69) is 94.9 Å². The van der Waals surface area contributed by atoms with Gasteiger partial charge in [-0.15, -0.1) is 6.58 Å². The van der Waals surface area contributed by atoms with Crippen LogP contribution in [0.15, 0.2) is 97.6 Å². The zero-order valence-corrected chi connectivity index (χ0v) is 27.3. The van der Waals surface area contributed by atoms with E-state index < -0.39 is 14.1 Å². The minimum absolute atomic E-state index is 0.0778. The lowest BCUT2D eigenvalue weighted by molar-refractivity contribution is -0.161. The Morgan fingerprint density at radius 3 is 1.98 bits per heavy atom. The molecule has 0 aromatic heterocycles. The van der Waals surface area contributed by atoms with Crippen LogP contribution in [0.3, 0.4) is 0 Å². The molecule has 0 unspecified atom stereocenters. The smallest absolute Gasteiger partial charge is 0.261 e. The first-order valence-electron chi connectivity index (χ1n) is 15.0. The van der Waals surface area contributed by atoms with Crippen LogP contribution in [-0.2, 0) is 25.2 Å². The van der Waals surface area contributed by atoms with Gasteiger partial charge in [-0.3, -0.25) is 0 Å². The van der Waals surface area contributed by atoms with Crippen molar-refractivity contribution in [3.05, 3.63) is 103 Å². The Bertz CT molecular complexity index is 1210. The van der Waals surface area contributed by atoms with Gasteiger partial charge in [0.05, 0.1) is 32.5 Å². The zero-order valence-electron chi connectivity index (χ0n) is 26.3. The Morgan fingerprint density at radius 1 is 0.952 bits per heavy atom. The molecule has 0 saturated carbocycles. The number of rotatable bonds is 13. The van der Waals surface area contributed by atoms with Gasteiger partial charge in [0.15, 0.2) is 5.79 Å². The van der Waals surface area contributed by atoms with Crippen molar-refractivity contribution in [3.63, 3.8) is 0 Å². The van der Waals surface area contributed by atoms with E-state index in [4.69, 9.17) is 23.4 Å². The van der Waals surface area contributed by atoms with Crippen LogP contribution < -0.4 is 15.1 Å². The van der Waals surface area contributed by atoms with Crippen molar-refractivity contribution in [1.82, 2.24) is 0 Å². The summed E-state index contributed by atoms with van der Waals surface area (Å²) >= 11 is 0. The maximum absolute atomic E-state index is 7.63. The molecule has 1 aliphatic rings. The molecule has 0 N–H and O–H groups in total. The summed E-state index contributed by atoms with van der Waals surface area (Å²) in [7, 11) is -1.14. The van der Waals surface area contributed by atoms with Crippen molar-refractivity contribution in [2.45, 2.75) is 83.7 Å².